The van der Waals surface area contributed by atoms with E-state index in [1.165, 1.54) is 37.6 Å². The molecule has 0 saturated carbocycles. The van der Waals surface area contributed by atoms with Crippen molar-refractivity contribution >= 4 is 40.2 Å². The van der Waals surface area contributed by atoms with Gasteiger partial charge >= 0.3 is 0 Å². The Labute approximate surface area is 250 Å². The molecule has 0 spiro atoms. The maximum atomic E-state index is 11.0. The second kappa shape index (κ2) is 11.3. The summed E-state index contributed by atoms with van der Waals surface area (Å²) in [6.07, 6.45) is 5.57. The predicted octanol–water partition coefficient (Wildman–Crippen LogP) is 4.10. The second-order valence-corrected chi connectivity index (χ2v) is 12.1. The lowest BCUT2D eigenvalue weighted by molar-refractivity contribution is -0.385. The fraction of sp³-hybridized carbons (Fsp3) is 0.600. The minimum Gasteiger partial charge on any atom is -0.422 e. The van der Waals surface area contributed by atoms with Crippen molar-refractivity contribution in [3.63, 3.8) is 0 Å². The molecule has 0 N–H and O–H groups in total. The Hall–Kier alpha value is -3.84. The summed E-state index contributed by atoms with van der Waals surface area (Å²) >= 11 is 0. The summed E-state index contributed by atoms with van der Waals surface area (Å²) in [5.41, 5.74) is 5.04. The van der Waals surface area contributed by atoms with E-state index in [1.54, 1.807) is 6.92 Å². The second-order valence-electron chi connectivity index (χ2n) is 12.1. The summed E-state index contributed by atoms with van der Waals surface area (Å²) in [5.74, 6) is 0. The quantitative estimate of drug-likeness (QED) is 0.251. The van der Waals surface area contributed by atoms with Crippen molar-refractivity contribution in [2.45, 2.75) is 65.0 Å². The van der Waals surface area contributed by atoms with Crippen molar-refractivity contribution in [2.24, 2.45) is 0 Å². The predicted molar refractivity (Wildman–Crippen MR) is 163 cm³/mol. The van der Waals surface area contributed by atoms with Crippen LogP contribution in [-0.2, 0) is 6.42 Å². The van der Waals surface area contributed by atoms with Crippen LogP contribution in [0.1, 0.15) is 49.6 Å². The van der Waals surface area contributed by atoms with Crippen LogP contribution in [-0.4, -0.2) is 99.1 Å². The van der Waals surface area contributed by atoms with E-state index in [4.69, 9.17) is 8.83 Å². The highest BCUT2D eigenvalue weighted by Crippen LogP contribution is 2.31. The number of pyridine rings is 2. The van der Waals surface area contributed by atoms with Gasteiger partial charge in [0, 0.05) is 70.1 Å². The summed E-state index contributed by atoms with van der Waals surface area (Å²) in [6.45, 7) is 14.5. The van der Waals surface area contributed by atoms with Gasteiger partial charge in [-0.15, -0.1) is 0 Å². The molecule has 0 aliphatic carbocycles. The van der Waals surface area contributed by atoms with Crippen LogP contribution in [0.3, 0.4) is 0 Å². The molecule has 43 heavy (non-hydrogen) atoms. The number of piperidine rings is 2. The fourth-order valence-corrected chi connectivity index (χ4v) is 6.98. The highest BCUT2D eigenvalue weighted by atomic mass is 16.6. The zero-order chi connectivity index (χ0) is 29.7. The van der Waals surface area contributed by atoms with E-state index in [1.807, 2.05) is 0 Å². The molecule has 6 aliphatic heterocycles. The Morgan fingerprint density at radius 1 is 0.767 bits per heavy atom. The molecule has 10 heterocycles. The third kappa shape index (κ3) is 5.40. The summed E-state index contributed by atoms with van der Waals surface area (Å²) < 4.78 is 11.8. The molecule has 0 aromatic carbocycles. The Balaban J connectivity index is 0.000000140. The van der Waals surface area contributed by atoms with Crippen molar-refractivity contribution in [1.29, 1.82) is 0 Å². The van der Waals surface area contributed by atoms with Gasteiger partial charge in [0.15, 0.2) is 11.2 Å². The molecular weight excluding hydrogens is 550 g/mol. The van der Waals surface area contributed by atoms with Gasteiger partial charge in [-0.05, 0) is 57.6 Å². The monoisotopic (exact) mass is 589 g/mol. The highest BCUT2D eigenvalue weighted by Gasteiger charge is 2.33. The minimum absolute atomic E-state index is 0.0295. The van der Waals surface area contributed by atoms with Gasteiger partial charge in [0.05, 0.1) is 11.0 Å². The van der Waals surface area contributed by atoms with Crippen molar-refractivity contribution in [3.05, 3.63) is 39.2 Å². The van der Waals surface area contributed by atoms with E-state index in [2.05, 4.69) is 59.4 Å². The van der Waals surface area contributed by atoms with Crippen LogP contribution < -0.4 is 9.80 Å². The molecule has 4 aromatic rings. The standard InChI is InChI=1S/C16H22N4O.C14H17N5O3/c1-3-13-11(2)10-14-15(17-13)18-16(21-14)20-9-8-19-6-4-12(20)5-7-19;1-9-11(19(20)21)8-12-13(15-9)16-14(22-12)18-7-6-17-4-2-10(18)3-5-17/h10,12H,3-9H2,1-2H3;8,10H,2-7H2,1H3. The largest absolute Gasteiger partial charge is 0.422 e. The first-order chi connectivity index (χ1) is 20.9. The van der Waals surface area contributed by atoms with Gasteiger partial charge in [-0.25, -0.2) is 9.97 Å². The number of hydrogen-bond acceptors (Lipinski definition) is 12. The van der Waals surface area contributed by atoms with E-state index in [0.29, 0.717) is 35.0 Å². The van der Waals surface area contributed by atoms with Gasteiger partial charge in [-0.2, -0.15) is 9.97 Å². The molecule has 10 rings (SSSR count). The minimum atomic E-state index is -0.440. The van der Waals surface area contributed by atoms with E-state index in [-0.39, 0.29) is 5.69 Å². The summed E-state index contributed by atoms with van der Waals surface area (Å²) in [7, 11) is 0. The Bertz CT molecular complexity index is 1640. The van der Waals surface area contributed by atoms with Crippen LogP contribution in [0.5, 0.6) is 0 Å². The number of rotatable bonds is 4. The van der Waals surface area contributed by atoms with Crippen molar-refractivity contribution < 1.29 is 13.8 Å². The van der Waals surface area contributed by atoms with Crippen molar-refractivity contribution in [2.75, 3.05) is 62.2 Å². The van der Waals surface area contributed by atoms with E-state index < -0.39 is 4.92 Å². The van der Waals surface area contributed by atoms with Gasteiger partial charge in [0.25, 0.3) is 17.7 Å². The molecule has 13 nitrogen and oxygen atoms in total. The SMILES string of the molecule is CCc1nc2nc(N3CCN4CCC3CC4)oc2cc1C.Cc1nc2nc(N3CCN4CCC3CC4)oc2cc1[N+](=O)[O-]. The number of nitro groups is 1. The van der Waals surface area contributed by atoms with E-state index >= 15 is 0 Å². The number of aryl methyl sites for hydroxylation is 3. The molecule has 0 atom stereocenters. The van der Waals surface area contributed by atoms with Crippen LogP contribution in [0, 0.1) is 24.0 Å². The number of anilines is 2. The summed E-state index contributed by atoms with van der Waals surface area (Å²) in [5, 5.41) is 11.0. The third-order valence-corrected chi connectivity index (χ3v) is 9.54. The first-order valence-electron chi connectivity index (χ1n) is 15.5. The van der Waals surface area contributed by atoms with Gasteiger partial charge < -0.3 is 28.4 Å². The maximum absolute atomic E-state index is 11.0. The van der Waals surface area contributed by atoms with Crippen LogP contribution in [0.15, 0.2) is 21.0 Å². The van der Waals surface area contributed by atoms with Crippen LogP contribution in [0.2, 0.25) is 0 Å². The lowest BCUT2D eigenvalue weighted by Gasteiger charge is -2.30. The first kappa shape index (κ1) is 28.0. The van der Waals surface area contributed by atoms with Gasteiger partial charge in [-0.1, -0.05) is 6.92 Å². The number of aromatic nitrogens is 4. The molecular formula is C30H39N9O4. The molecule has 228 valence electrons. The highest BCUT2D eigenvalue weighted by molar-refractivity contribution is 5.74. The normalized spacial score (nSPS) is 25.1. The van der Waals surface area contributed by atoms with Crippen LogP contribution in [0.25, 0.3) is 22.5 Å². The molecule has 6 aliphatic rings. The smallest absolute Gasteiger partial charge is 0.300 e. The Morgan fingerprint density at radius 3 is 1.79 bits per heavy atom. The molecule has 4 aromatic heterocycles. The molecule has 0 radical (unpaired) electrons. The summed E-state index contributed by atoms with van der Waals surface area (Å²) in [6, 6.07) is 5.81. The summed E-state index contributed by atoms with van der Waals surface area (Å²) in [4.78, 5) is 38.1. The zero-order valence-corrected chi connectivity index (χ0v) is 25.2. The maximum Gasteiger partial charge on any atom is 0.300 e. The van der Waals surface area contributed by atoms with E-state index in [0.717, 1.165) is 81.5 Å². The van der Waals surface area contributed by atoms with Gasteiger partial charge in [-0.3, -0.25) is 10.1 Å². The molecule has 6 saturated heterocycles. The number of nitrogens with zero attached hydrogens (tertiary/aromatic N) is 9. The molecule has 0 unspecified atom stereocenters. The average molecular weight is 590 g/mol. The topological polar surface area (TPSA) is 134 Å². The van der Waals surface area contributed by atoms with Gasteiger partial charge in [0.2, 0.25) is 11.3 Å². The van der Waals surface area contributed by atoms with E-state index in [9.17, 15) is 10.1 Å². The fourth-order valence-electron chi connectivity index (χ4n) is 6.98. The lowest BCUT2D eigenvalue weighted by Crippen LogP contribution is -2.38. The molecule has 0 amide bonds. The Kier molecular flexibility index (Phi) is 7.38. The zero-order valence-electron chi connectivity index (χ0n) is 25.2. The number of oxazole rings is 2. The molecule has 6 fully saturated rings. The molecule has 4 bridgehead atoms. The van der Waals surface area contributed by atoms with Crippen LogP contribution >= 0.6 is 0 Å². The van der Waals surface area contributed by atoms with Crippen molar-refractivity contribution in [1.82, 2.24) is 29.7 Å². The molecule has 13 heteroatoms. The third-order valence-electron chi connectivity index (χ3n) is 9.54. The van der Waals surface area contributed by atoms with Crippen LogP contribution in [0.4, 0.5) is 17.7 Å². The number of fused-ring (bicyclic) bond motifs is 10. The van der Waals surface area contributed by atoms with Gasteiger partial charge in [0.1, 0.15) is 5.69 Å². The Morgan fingerprint density at radius 2 is 1.28 bits per heavy atom. The lowest BCUT2D eigenvalue weighted by atomic mass is 10.1. The average Bonchev–Trinajstić information content (AvgIpc) is 3.27. The first-order valence-corrected chi connectivity index (χ1v) is 15.5. The number of hydrogen-bond donors (Lipinski definition) is 0. The van der Waals surface area contributed by atoms with Crippen molar-refractivity contribution in [3.8, 4) is 0 Å².